The molecule has 0 bridgehead atoms. The van der Waals surface area contributed by atoms with E-state index in [1.165, 1.54) is 6.42 Å². The molecule has 0 spiro atoms. The van der Waals surface area contributed by atoms with Gasteiger partial charge in [0.2, 0.25) is 0 Å². The van der Waals surface area contributed by atoms with E-state index in [4.69, 9.17) is 4.74 Å². The molecule has 1 aliphatic carbocycles. The molecule has 0 atom stereocenters. The fourth-order valence-corrected chi connectivity index (χ4v) is 3.53. The van der Waals surface area contributed by atoms with E-state index >= 15 is 0 Å². The second-order valence-corrected chi connectivity index (χ2v) is 6.93. The van der Waals surface area contributed by atoms with Crippen molar-refractivity contribution >= 4 is 16.9 Å². The van der Waals surface area contributed by atoms with Gasteiger partial charge in [0.15, 0.2) is 0 Å². The van der Waals surface area contributed by atoms with Gasteiger partial charge >= 0.3 is 0 Å². The molecule has 1 amide bonds. The average Bonchev–Trinajstić information content (AvgIpc) is 2.91. The molecule has 1 saturated carbocycles. The first-order chi connectivity index (χ1) is 12.1. The van der Waals surface area contributed by atoms with E-state index in [-0.39, 0.29) is 17.9 Å². The minimum Gasteiger partial charge on any atom is -0.388 e. The number of amides is 1. The molecule has 1 aromatic carbocycles. The molecule has 0 unspecified atom stereocenters. The molecule has 25 heavy (non-hydrogen) atoms. The number of imidazole rings is 1. The lowest BCUT2D eigenvalue weighted by Gasteiger charge is -2.42. The molecule has 0 aliphatic heterocycles. The highest BCUT2D eigenvalue weighted by atomic mass is 16.5. The number of aromatic nitrogens is 2. The Hall–Kier alpha value is -1.92. The molecule has 0 saturated heterocycles. The summed E-state index contributed by atoms with van der Waals surface area (Å²) in [6, 6.07) is 5.48. The first kappa shape index (κ1) is 17.9. The summed E-state index contributed by atoms with van der Waals surface area (Å²) in [7, 11) is 1.86. The summed E-state index contributed by atoms with van der Waals surface area (Å²) >= 11 is 0. The van der Waals surface area contributed by atoms with Crippen molar-refractivity contribution in [2.75, 3.05) is 19.8 Å². The maximum atomic E-state index is 12.5. The predicted octanol–water partition coefficient (Wildman–Crippen LogP) is 2.39. The van der Waals surface area contributed by atoms with Gasteiger partial charge in [0.05, 0.1) is 11.0 Å². The van der Waals surface area contributed by atoms with Crippen LogP contribution in [0.3, 0.4) is 0 Å². The topological polar surface area (TPSA) is 76.4 Å². The minimum absolute atomic E-state index is 0.0687. The predicted molar refractivity (Wildman–Crippen MR) is 96.4 cm³/mol. The molecule has 1 fully saturated rings. The number of nitrogens with one attached hydrogen (secondary N) is 1. The largest absolute Gasteiger partial charge is 0.388 e. The Labute approximate surface area is 148 Å². The van der Waals surface area contributed by atoms with Gasteiger partial charge in [-0.3, -0.25) is 4.79 Å². The fourth-order valence-electron chi connectivity index (χ4n) is 3.53. The summed E-state index contributed by atoms with van der Waals surface area (Å²) < 4.78 is 7.33. The lowest BCUT2D eigenvalue weighted by molar-refractivity contribution is 0.0513. The Kier molecular flexibility index (Phi) is 5.39. The summed E-state index contributed by atoms with van der Waals surface area (Å²) in [5.41, 5.74) is 2.44. The number of aliphatic hydroxyl groups excluding tert-OH is 1. The van der Waals surface area contributed by atoms with Crippen molar-refractivity contribution in [3.05, 3.63) is 29.6 Å². The maximum Gasteiger partial charge on any atom is 0.251 e. The van der Waals surface area contributed by atoms with E-state index in [1.807, 2.05) is 30.7 Å². The van der Waals surface area contributed by atoms with Crippen molar-refractivity contribution in [2.24, 2.45) is 12.5 Å². The van der Waals surface area contributed by atoms with Gasteiger partial charge in [-0.25, -0.2) is 4.98 Å². The van der Waals surface area contributed by atoms with E-state index in [0.29, 0.717) is 17.9 Å². The van der Waals surface area contributed by atoms with Gasteiger partial charge in [-0.05, 0) is 49.8 Å². The van der Waals surface area contributed by atoms with Crippen LogP contribution < -0.4 is 5.32 Å². The number of aliphatic hydroxyl groups is 1. The SMILES string of the molecule is CCOCCC1(CNC(=O)c2ccc3c(c2)nc(CO)n3C)CCC1. The third-order valence-electron chi connectivity index (χ3n) is 5.40. The quantitative estimate of drug-likeness (QED) is 0.720. The second kappa shape index (κ2) is 7.54. The Morgan fingerprint density at radius 3 is 2.88 bits per heavy atom. The van der Waals surface area contributed by atoms with Crippen LogP contribution in [0.5, 0.6) is 0 Å². The maximum absolute atomic E-state index is 12.5. The number of ether oxygens (including phenoxy) is 1. The van der Waals surface area contributed by atoms with Crippen molar-refractivity contribution in [1.29, 1.82) is 0 Å². The van der Waals surface area contributed by atoms with E-state index in [1.54, 1.807) is 6.07 Å². The van der Waals surface area contributed by atoms with Crippen LogP contribution in [0.2, 0.25) is 0 Å². The molecule has 2 N–H and O–H groups in total. The zero-order chi connectivity index (χ0) is 17.9. The first-order valence-electron chi connectivity index (χ1n) is 9.01. The Morgan fingerprint density at radius 2 is 2.24 bits per heavy atom. The van der Waals surface area contributed by atoms with Crippen LogP contribution in [0.1, 0.15) is 48.8 Å². The molecule has 2 aromatic rings. The molecular formula is C19H27N3O3. The van der Waals surface area contributed by atoms with Crippen molar-refractivity contribution < 1.29 is 14.6 Å². The number of rotatable bonds is 8. The van der Waals surface area contributed by atoms with Crippen LogP contribution in [0.4, 0.5) is 0 Å². The van der Waals surface area contributed by atoms with Gasteiger partial charge in [0.1, 0.15) is 12.4 Å². The normalized spacial score (nSPS) is 16.0. The number of hydrogen-bond acceptors (Lipinski definition) is 4. The van der Waals surface area contributed by atoms with E-state index < -0.39 is 0 Å². The molecule has 1 aromatic heterocycles. The van der Waals surface area contributed by atoms with Crippen LogP contribution >= 0.6 is 0 Å². The lowest BCUT2D eigenvalue weighted by atomic mass is 9.66. The van der Waals surface area contributed by atoms with E-state index in [9.17, 15) is 9.90 Å². The molecule has 1 aliphatic rings. The fraction of sp³-hybridized carbons (Fsp3) is 0.579. The Balaban J connectivity index is 1.65. The number of fused-ring (bicyclic) bond motifs is 1. The lowest BCUT2D eigenvalue weighted by Crippen LogP contribution is -2.42. The van der Waals surface area contributed by atoms with Crippen LogP contribution in [0, 0.1) is 5.41 Å². The van der Waals surface area contributed by atoms with Gasteiger partial charge in [0.25, 0.3) is 5.91 Å². The monoisotopic (exact) mass is 345 g/mol. The van der Waals surface area contributed by atoms with Crippen LogP contribution in [-0.4, -0.2) is 40.3 Å². The van der Waals surface area contributed by atoms with Gasteiger partial charge < -0.3 is 19.7 Å². The Bertz CT molecular complexity index is 750. The van der Waals surface area contributed by atoms with Gasteiger partial charge in [0, 0.05) is 32.4 Å². The molecule has 6 heteroatoms. The molecular weight excluding hydrogens is 318 g/mol. The summed E-state index contributed by atoms with van der Waals surface area (Å²) in [5.74, 6) is 0.526. The van der Waals surface area contributed by atoms with Crippen LogP contribution in [0.25, 0.3) is 11.0 Å². The molecule has 136 valence electrons. The summed E-state index contributed by atoms with van der Waals surface area (Å²) in [5, 5.41) is 12.4. The Morgan fingerprint density at radius 1 is 1.44 bits per heavy atom. The van der Waals surface area contributed by atoms with Gasteiger partial charge in [-0.15, -0.1) is 0 Å². The van der Waals surface area contributed by atoms with Crippen molar-refractivity contribution in [1.82, 2.24) is 14.9 Å². The smallest absolute Gasteiger partial charge is 0.251 e. The standard InChI is InChI=1S/C19H27N3O3/c1-3-25-10-9-19(7-4-8-19)13-20-18(24)14-5-6-16-15(11-14)21-17(12-23)22(16)2/h5-6,11,23H,3-4,7-10,12-13H2,1-2H3,(H,20,24). The number of aryl methyl sites for hydroxylation is 1. The summed E-state index contributed by atoms with van der Waals surface area (Å²) in [6.07, 6.45) is 4.53. The van der Waals surface area contributed by atoms with Crippen molar-refractivity contribution in [3.63, 3.8) is 0 Å². The molecule has 1 heterocycles. The highest BCUT2D eigenvalue weighted by Crippen LogP contribution is 2.43. The van der Waals surface area contributed by atoms with Gasteiger partial charge in [-0.2, -0.15) is 0 Å². The number of carbonyl (C=O) groups is 1. The van der Waals surface area contributed by atoms with Crippen molar-refractivity contribution in [3.8, 4) is 0 Å². The number of carbonyl (C=O) groups excluding carboxylic acids is 1. The zero-order valence-electron chi connectivity index (χ0n) is 15.0. The van der Waals surface area contributed by atoms with Crippen molar-refractivity contribution in [2.45, 2.75) is 39.2 Å². The molecule has 6 nitrogen and oxygen atoms in total. The number of nitrogens with zero attached hydrogens (tertiary/aromatic N) is 2. The average molecular weight is 345 g/mol. The molecule has 3 rings (SSSR count). The highest BCUT2D eigenvalue weighted by molar-refractivity contribution is 5.97. The zero-order valence-corrected chi connectivity index (χ0v) is 15.0. The summed E-state index contributed by atoms with van der Waals surface area (Å²) in [4.78, 5) is 16.9. The first-order valence-corrected chi connectivity index (χ1v) is 9.01. The molecule has 0 radical (unpaired) electrons. The van der Waals surface area contributed by atoms with Crippen LogP contribution in [0.15, 0.2) is 18.2 Å². The number of benzene rings is 1. The van der Waals surface area contributed by atoms with Gasteiger partial charge in [-0.1, -0.05) is 6.42 Å². The third kappa shape index (κ3) is 3.70. The summed E-state index contributed by atoms with van der Waals surface area (Å²) in [6.45, 7) is 4.08. The third-order valence-corrected chi connectivity index (χ3v) is 5.40. The van der Waals surface area contributed by atoms with E-state index in [2.05, 4.69) is 10.3 Å². The minimum atomic E-state index is -0.116. The van der Waals surface area contributed by atoms with Crippen LogP contribution in [-0.2, 0) is 18.4 Å². The highest BCUT2D eigenvalue weighted by Gasteiger charge is 2.36. The second-order valence-electron chi connectivity index (χ2n) is 6.93. The number of hydrogen-bond donors (Lipinski definition) is 2. The van der Waals surface area contributed by atoms with E-state index in [0.717, 1.165) is 43.5 Å².